The van der Waals surface area contributed by atoms with E-state index in [4.69, 9.17) is 21.1 Å². The molecule has 4 aromatic rings. The van der Waals surface area contributed by atoms with Crippen molar-refractivity contribution < 1.29 is 28.8 Å². The zero-order valence-corrected chi connectivity index (χ0v) is 22.0. The van der Waals surface area contributed by atoms with E-state index in [-0.39, 0.29) is 32.5 Å². The molecule has 0 unspecified atom stereocenters. The van der Waals surface area contributed by atoms with Crippen molar-refractivity contribution in [2.24, 2.45) is 0 Å². The summed E-state index contributed by atoms with van der Waals surface area (Å²) in [5, 5.41) is 11.6. The molecule has 0 saturated carbocycles. The molecule has 0 N–H and O–H groups in total. The molecule has 0 heterocycles. The average molecular weight is 562 g/mol. The lowest BCUT2D eigenvalue weighted by Crippen LogP contribution is -2.15. The van der Waals surface area contributed by atoms with Crippen LogP contribution in [-0.2, 0) is 4.74 Å². The molecule has 8 nitrogen and oxygen atoms in total. The molecule has 4 rings (SSSR count). The topological polar surface area (TPSA) is 113 Å². The lowest BCUT2D eigenvalue weighted by molar-refractivity contribution is -0.387. The van der Waals surface area contributed by atoms with E-state index in [2.05, 4.69) is 0 Å². The fourth-order valence-corrected chi connectivity index (χ4v) is 4.76. The summed E-state index contributed by atoms with van der Waals surface area (Å²) in [6.45, 7) is 1.38. The number of carbonyl (C=O) groups excluding carboxylic acids is 3. The van der Waals surface area contributed by atoms with Crippen molar-refractivity contribution in [2.75, 3.05) is 6.61 Å². The molecule has 0 amide bonds. The molecule has 196 valence electrons. The van der Waals surface area contributed by atoms with Gasteiger partial charge in [0.05, 0.1) is 21.1 Å². The first-order valence-electron chi connectivity index (χ1n) is 11.5. The molecule has 39 heavy (non-hydrogen) atoms. The van der Waals surface area contributed by atoms with E-state index >= 15 is 0 Å². The highest BCUT2D eigenvalue weighted by molar-refractivity contribution is 7.99. The van der Waals surface area contributed by atoms with Gasteiger partial charge in [0.2, 0.25) is 0 Å². The van der Waals surface area contributed by atoms with E-state index in [0.717, 1.165) is 17.3 Å². The first-order chi connectivity index (χ1) is 18.7. The molecular formula is C29H20ClNO7S. The monoisotopic (exact) mass is 561 g/mol. The SMILES string of the molecule is Cc1ccc(C(=O)Oc2ccc(C(=O)COC(=O)c3ccccc3Sc3c(Cl)cccc3[N+](=O)[O-])cc2)cc1. The fraction of sp³-hybridized carbons (Fsp3) is 0.0690. The predicted molar refractivity (Wildman–Crippen MR) is 146 cm³/mol. The Bertz CT molecular complexity index is 1550. The zero-order valence-electron chi connectivity index (χ0n) is 20.5. The number of nitro groups is 1. The zero-order chi connectivity index (χ0) is 27.9. The Morgan fingerprint density at radius 2 is 1.51 bits per heavy atom. The van der Waals surface area contributed by atoms with Gasteiger partial charge in [0.1, 0.15) is 10.6 Å². The molecule has 0 aliphatic rings. The van der Waals surface area contributed by atoms with Gasteiger partial charge in [0.15, 0.2) is 12.4 Å². The van der Waals surface area contributed by atoms with Crippen LogP contribution in [-0.4, -0.2) is 29.3 Å². The first kappa shape index (κ1) is 27.6. The summed E-state index contributed by atoms with van der Waals surface area (Å²) in [7, 11) is 0. The van der Waals surface area contributed by atoms with Crippen molar-refractivity contribution in [3.63, 3.8) is 0 Å². The van der Waals surface area contributed by atoms with Crippen molar-refractivity contribution in [3.8, 4) is 5.75 Å². The summed E-state index contributed by atoms with van der Waals surface area (Å²) in [6.07, 6.45) is 0. The largest absolute Gasteiger partial charge is 0.454 e. The van der Waals surface area contributed by atoms with Crippen LogP contribution >= 0.6 is 23.4 Å². The van der Waals surface area contributed by atoms with Crippen LogP contribution in [0.2, 0.25) is 5.02 Å². The number of esters is 2. The van der Waals surface area contributed by atoms with Crippen LogP contribution in [0.15, 0.2) is 101 Å². The maximum absolute atomic E-state index is 12.8. The van der Waals surface area contributed by atoms with Gasteiger partial charge in [-0.1, -0.05) is 59.3 Å². The second-order valence-corrected chi connectivity index (χ2v) is 9.68. The van der Waals surface area contributed by atoms with Gasteiger partial charge in [-0.05, 0) is 61.5 Å². The third kappa shape index (κ3) is 6.90. The van der Waals surface area contributed by atoms with Gasteiger partial charge in [-0.2, -0.15) is 0 Å². The molecule has 0 spiro atoms. The van der Waals surface area contributed by atoms with Crippen LogP contribution in [0.3, 0.4) is 0 Å². The van der Waals surface area contributed by atoms with Crippen molar-refractivity contribution in [1.29, 1.82) is 0 Å². The van der Waals surface area contributed by atoms with Crippen LogP contribution in [0, 0.1) is 17.0 Å². The lowest BCUT2D eigenvalue weighted by atomic mass is 10.1. The first-order valence-corrected chi connectivity index (χ1v) is 12.7. The van der Waals surface area contributed by atoms with Gasteiger partial charge in [-0.25, -0.2) is 9.59 Å². The molecule has 0 aliphatic carbocycles. The minimum absolute atomic E-state index is 0.128. The number of carbonyl (C=O) groups is 3. The summed E-state index contributed by atoms with van der Waals surface area (Å²) in [5.41, 5.74) is 1.60. The van der Waals surface area contributed by atoms with E-state index in [1.807, 2.05) is 6.92 Å². The minimum Gasteiger partial charge on any atom is -0.454 e. The van der Waals surface area contributed by atoms with Crippen LogP contribution in [0.1, 0.15) is 36.6 Å². The standard InChI is InChI=1S/C29H20ClNO7S/c1-18-9-11-20(12-10-18)28(33)38-21-15-13-19(14-16-21)25(32)17-37-29(34)22-5-2-3-8-26(22)39-27-23(30)6-4-7-24(27)31(35)36/h2-16H,17H2,1H3. The molecule has 0 aromatic heterocycles. The number of nitro benzene ring substituents is 1. The number of halogens is 1. The Morgan fingerprint density at radius 3 is 2.21 bits per heavy atom. The molecule has 0 fully saturated rings. The highest BCUT2D eigenvalue weighted by atomic mass is 35.5. The van der Waals surface area contributed by atoms with E-state index in [1.54, 1.807) is 42.5 Å². The van der Waals surface area contributed by atoms with Gasteiger partial charge < -0.3 is 9.47 Å². The third-order valence-electron chi connectivity index (χ3n) is 5.47. The van der Waals surface area contributed by atoms with Gasteiger partial charge in [0.25, 0.3) is 5.69 Å². The summed E-state index contributed by atoms with van der Waals surface area (Å²) in [5.74, 6) is -1.51. The smallest absolute Gasteiger partial charge is 0.343 e. The van der Waals surface area contributed by atoms with E-state index in [1.165, 1.54) is 48.5 Å². The highest BCUT2D eigenvalue weighted by Gasteiger charge is 2.22. The van der Waals surface area contributed by atoms with E-state index in [0.29, 0.717) is 10.5 Å². The van der Waals surface area contributed by atoms with E-state index in [9.17, 15) is 24.5 Å². The molecule has 0 aliphatic heterocycles. The number of nitrogens with zero attached hydrogens (tertiary/aromatic N) is 1. The number of hydrogen-bond donors (Lipinski definition) is 0. The van der Waals surface area contributed by atoms with Gasteiger partial charge in [0, 0.05) is 16.5 Å². The van der Waals surface area contributed by atoms with Crippen LogP contribution in [0.25, 0.3) is 0 Å². The Hall–Kier alpha value is -4.47. The van der Waals surface area contributed by atoms with Crippen molar-refractivity contribution in [2.45, 2.75) is 16.7 Å². The van der Waals surface area contributed by atoms with Gasteiger partial charge in [-0.3, -0.25) is 14.9 Å². The summed E-state index contributed by atoms with van der Waals surface area (Å²) in [4.78, 5) is 49.2. The number of rotatable bonds is 9. The van der Waals surface area contributed by atoms with Crippen molar-refractivity contribution in [1.82, 2.24) is 0 Å². The molecule has 0 atom stereocenters. The van der Waals surface area contributed by atoms with Crippen molar-refractivity contribution >= 4 is 46.8 Å². The molecular weight excluding hydrogens is 542 g/mol. The van der Waals surface area contributed by atoms with Gasteiger partial charge in [-0.15, -0.1) is 0 Å². The number of ketones is 1. The normalized spacial score (nSPS) is 10.5. The number of hydrogen-bond acceptors (Lipinski definition) is 8. The maximum Gasteiger partial charge on any atom is 0.343 e. The number of Topliss-reactive ketones (excluding diaryl/α,β-unsaturated/α-hetero) is 1. The van der Waals surface area contributed by atoms with Crippen LogP contribution < -0.4 is 4.74 Å². The summed E-state index contributed by atoms with van der Waals surface area (Å²) in [6, 6.07) is 23.5. The fourth-order valence-electron chi connectivity index (χ4n) is 3.43. The van der Waals surface area contributed by atoms with Gasteiger partial charge >= 0.3 is 11.9 Å². The quantitative estimate of drug-likeness (QED) is 0.0708. The summed E-state index contributed by atoms with van der Waals surface area (Å²) >= 11 is 7.15. The molecule has 0 radical (unpaired) electrons. The lowest BCUT2D eigenvalue weighted by Gasteiger charge is -2.10. The Labute approximate surface area is 232 Å². The van der Waals surface area contributed by atoms with Crippen LogP contribution in [0.5, 0.6) is 5.75 Å². The van der Waals surface area contributed by atoms with E-state index < -0.39 is 29.3 Å². The number of aryl methyl sites for hydroxylation is 1. The maximum atomic E-state index is 12.8. The minimum atomic E-state index is -0.773. The Balaban J connectivity index is 1.39. The second-order valence-electron chi connectivity index (χ2n) is 8.22. The molecule has 0 saturated heterocycles. The van der Waals surface area contributed by atoms with Crippen LogP contribution in [0.4, 0.5) is 5.69 Å². The number of benzene rings is 4. The predicted octanol–water partition coefficient (Wildman–Crippen LogP) is 6.97. The highest BCUT2D eigenvalue weighted by Crippen LogP contribution is 2.41. The summed E-state index contributed by atoms with van der Waals surface area (Å²) < 4.78 is 10.6. The molecule has 0 bridgehead atoms. The third-order valence-corrected chi connectivity index (χ3v) is 7.11. The average Bonchev–Trinajstić information content (AvgIpc) is 2.93. The molecule has 10 heteroatoms. The Morgan fingerprint density at radius 1 is 0.846 bits per heavy atom. The molecule has 4 aromatic carbocycles. The number of ether oxygens (including phenoxy) is 2. The Kier molecular flexibility index (Phi) is 8.75. The van der Waals surface area contributed by atoms with Crippen molar-refractivity contribution in [3.05, 3.63) is 128 Å². The second kappa shape index (κ2) is 12.4.